The van der Waals surface area contributed by atoms with Gasteiger partial charge in [0, 0.05) is 4.88 Å². The van der Waals surface area contributed by atoms with E-state index in [1.807, 2.05) is 38.1 Å². The van der Waals surface area contributed by atoms with Gasteiger partial charge in [0.15, 0.2) is 5.16 Å². The molecule has 3 aromatic rings. The first-order valence-electron chi connectivity index (χ1n) is 9.91. The summed E-state index contributed by atoms with van der Waals surface area (Å²) in [6, 6.07) is 7.90. The molecule has 1 aromatic carbocycles. The maximum absolute atomic E-state index is 13.7. The monoisotopic (exact) mass is 438 g/mol. The summed E-state index contributed by atoms with van der Waals surface area (Å²) in [5.74, 6) is -0.163. The second kappa shape index (κ2) is 8.62. The Morgan fingerprint density at radius 3 is 2.93 bits per heavy atom. The lowest BCUT2D eigenvalue weighted by Crippen LogP contribution is -2.27. The average molecular weight is 439 g/mol. The van der Waals surface area contributed by atoms with Crippen molar-refractivity contribution in [3.63, 3.8) is 0 Å². The minimum absolute atomic E-state index is 0.0344. The fraction of sp³-hybridized carbons (Fsp3) is 0.364. The van der Waals surface area contributed by atoms with Crippen molar-refractivity contribution < 1.29 is 4.79 Å². The number of hydrogen-bond acceptors (Lipinski definition) is 6. The zero-order chi connectivity index (χ0) is 21.3. The van der Waals surface area contributed by atoms with Gasteiger partial charge in [0.05, 0.1) is 22.9 Å². The van der Waals surface area contributed by atoms with Gasteiger partial charge in [-0.05, 0) is 62.3 Å². The Bertz CT molecular complexity index is 1240. The molecular formula is C22H22N4O2S2. The summed E-state index contributed by atoms with van der Waals surface area (Å²) in [5.41, 5.74) is 3.92. The van der Waals surface area contributed by atoms with E-state index in [-0.39, 0.29) is 23.8 Å². The van der Waals surface area contributed by atoms with Gasteiger partial charge >= 0.3 is 0 Å². The predicted molar refractivity (Wildman–Crippen MR) is 121 cm³/mol. The van der Waals surface area contributed by atoms with Gasteiger partial charge in [-0.2, -0.15) is 5.26 Å². The zero-order valence-electron chi connectivity index (χ0n) is 16.9. The summed E-state index contributed by atoms with van der Waals surface area (Å²) < 4.78 is 1.66. The van der Waals surface area contributed by atoms with Crippen molar-refractivity contribution in [2.45, 2.75) is 44.7 Å². The minimum Gasteiger partial charge on any atom is -0.342 e. The third-order valence-electron chi connectivity index (χ3n) is 5.26. The highest BCUT2D eigenvalue weighted by Crippen LogP contribution is 2.35. The number of fused-ring (bicyclic) bond motifs is 3. The third-order valence-corrected chi connectivity index (χ3v) is 7.38. The molecule has 1 aliphatic rings. The Kier molecular flexibility index (Phi) is 5.93. The van der Waals surface area contributed by atoms with E-state index >= 15 is 0 Å². The van der Waals surface area contributed by atoms with E-state index in [1.54, 1.807) is 15.9 Å². The SMILES string of the molecule is Cc1ccc(C)c(-n2c(SCC(=O)NCC#N)nc3sc4c(c3c2=O)CCCC4)c1. The molecule has 1 amide bonds. The molecule has 2 aromatic heterocycles. The lowest BCUT2D eigenvalue weighted by Gasteiger charge is -2.15. The smallest absolute Gasteiger partial charge is 0.267 e. The summed E-state index contributed by atoms with van der Waals surface area (Å²) in [5, 5.41) is 12.4. The molecule has 0 atom stereocenters. The number of benzene rings is 1. The van der Waals surface area contributed by atoms with Crippen molar-refractivity contribution in [1.29, 1.82) is 5.26 Å². The van der Waals surface area contributed by atoms with Crippen molar-refractivity contribution in [2.24, 2.45) is 0 Å². The van der Waals surface area contributed by atoms with Crippen LogP contribution in [0, 0.1) is 25.2 Å². The number of carbonyl (C=O) groups is 1. The average Bonchev–Trinajstić information content (AvgIpc) is 3.11. The van der Waals surface area contributed by atoms with Crippen LogP contribution in [0.1, 0.15) is 34.4 Å². The first kappa shape index (κ1) is 20.6. The lowest BCUT2D eigenvalue weighted by atomic mass is 9.97. The normalized spacial score (nSPS) is 13.1. The molecule has 0 aliphatic heterocycles. The largest absolute Gasteiger partial charge is 0.342 e. The van der Waals surface area contributed by atoms with Crippen molar-refractivity contribution >= 4 is 39.2 Å². The summed E-state index contributed by atoms with van der Waals surface area (Å²) in [4.78, 5) is 32.7. The van der Waals surface area contributed by atoms with E-state index in [1.165, 1.54) is 16.6 Å². The number of amides is 1. The van der Waals surface area contributed by atoms with Gasteiger partial charge in [-0.3, -0.25) is 14.2 Å². The van der Waals surface area contributed by atoms with Crippen LogP contribution >= 0.6 is 23.1 Å². The van der Waals surface area contributed by atoms with Crippen LogP contribution in [0.25, 0.3) is 15.9 Å². The zero-order valence-corrected chi connectivity index (χ0v) is 18.6. The number of carbonyl (C=O) groups excluding carboxylic acids is 1. The number of nitrogens with one attached hydrogen (secondary N) is 1. The predicted octanol–water partition coefficient (Wildman–Crippen LogP) is 3.67. The molecule has 0 spiro atoms. The molecule has 30 heavy (non-hydrogen) atoms. The molecule has 0 bridgehead atoms. The highest BCUT2D eigenvalue weighted by atomic mass is 32.2. The Labute approximate surface area is 182 Å². The first-order valence-corrected chi connectivity index (χ1v) is 11.7. The Balaban J connectivity index is 1.88. The van der Waals surface area contributed by atoms with Crippen LogP contribution in [0.4, 0.5) is 0 Å². The van der Waals surface area contributed by atoms with Crippen molar-refractivity contribution in [3.8, 4) is 11.8 Å². The molecule has 1 aliphatic carbocycles. The van der Waals surface area contributed by atoms with Gasteiger partial charge in [-0.15, -0.1) is 11.3 Å². The molecule has 4 rings (SSSR count). The Hall–Kier alpha value is -2.63. The van der Waals surface area contributed by atoms with Crippen LogP contribution in [0.15, 0.2) is 28.2 Å². The number of nitrogens with zero attached hydrogens (tertiary/aromatic N) is 3. The number of aromatic nitrogens is 2. The maximum atomic E-state index is 13.7. The molecular weight excluding hydrogens is 416 g/mol. The number of aryl methyl sites for hydroxylation is 4. The summed E-state index contributed by atoms with van der Waals surface area (Å²) in [7, 11) is 0. The Morgan fingerprint density at radius 2 is 2.13 bits per heavy atom. The molecule has 0 saturated heterocycles. The number of rotatable bonds is 5. The number of thiophene rings is 1. The topological polar surface area (TPSA) is 87.8 Å². The fourth-order valence-electron chi connectivity index (χ4n) is 3.78. The second-order valence-corrected chi connectivity index (χ2v) is 9.47. The van der Waals surface area contributed by atoms with E-state index in [4.69, 9.17) is 10.2 Å². The second-order valence-electron chi connectivity index (χ2n) is 7.44. The highest BCUT2D eigenvalue weighted by Gasteiger charge is 2.23. The standard InChI is InChI=1S/C22H22N4O2S2/c1-13-7-8-14(2)16(11-13)26-21(28)19-15-5-3-4-6-17(15)30-20(19)25-22(26)29-12-18(27)24-10-9-23/h7-8,11H,3-6,10,12H2,1-2H3,(H,24,27). The van der Waals surface area contributed by atoms with Gasteiger partial charge < -0.3 is 5.32 Å². The third kappa shape index (κ3) is 3.87. The number of nitriles is 1. The summed E-state index contributed by atoms with van der Waals surface area (Å²) >= 11 is 2.83. The molecule has 0 radical (unpaired) electrons. The number of hydrogen-bond donors (Lipinski definition) is 1. The van der Waals surface area contributed by atoms with E-state index in [9.17, 15) is 9.59 Å². The maximum Gasteiger partial charge on any atom is 0.267 e. The summed E-state index contributed by atoms with van der Waals surface area (Å²) in [6.07, 6.45) is 4.16. The van der Waals surface area contributed by atoms with Crippen molar-refractivity contribution in [3.05, 3.63) is 50.1 Å². The van der Waals surface area contributed by atoms with Gasteiger partial charge in [0.2, 0.25) is 5.91 Å². The van der Waals surface area contributed by atoms with Crippen molar-refractivity contribution in [1.82, 2.24) is 14.9 Å². The van der Waals surface area contributed by atoms with Crippen molar-refractivity contribution in [2.75, 3.05) is 12.3 Å². The minimum atomic E-state index is -0.256. The molecule has 8 heteroatoms. The van der Waals surface area contributed by atoms with Crippen LogP contribution in [-0.4, -0.2) is 27.8 Å². The lowest BCUT2D eigenvalue weighted by molar-refractivity contribution is -0.118. The van der Waals surface area contributed by atoms with Gasteiger partial charge in [-0.25, -0.2) is 4.98 Å². The van der Waals surface area contributed by atoms with E-state index in [0.29, 0.717) is 5.16 Å². The molecule has 0 fully saturated rings. The molecule has 6 nitrogen and oxygen atoms in total. The van der Waals surface area contributed by atoms with Crippen LogP contribution < -0.4 is 10.9 Å². The van der Waals surface area contributed by atoms with E-state index in [2.05, 4.69) is 5.32 Å². The van der Waals surface area contributed by atoms with Crippen LogP contribution in [0.2, 0.25) is 0 Å². The molecule has 1 N–H and O–H groups in total. The molecule has 154 valence electrons. The quantitative estimate of drug-likeness (QED) is 0.373. The van der Waals surface area contributed by atoms with E-state index in [0.717, 1.165) is 58.3 Å². The summed E-state index contributed by atoms with van der Waals surface area (Å²) in [6.45, 7) is 3.93. The van der Waals surface area contributed by atoms with E-state index < -0.39 is 0 Å². The first-order chi connectivity index (χ1) is 14.5. The molecule has 0 saturated carbocycles. The Morgan fingerprint density at radius 1 is 1.33 bits per heavy atom. The fourth-order valence-corrected chi connectivity index (χ4v) is 5.91. The highest BCUT2D eigenvalue weighted by molar-refractivity contribution is 7.99. The van der Waals surface area contributed by atoms with Gasteiger partial charge in [-0.1, -0.05) is 23.9 Å². The molecule has 2 heterocycles. The van der Waals surface area contributed by atoms with Gasteiger partial charge in [0.1, 0.15) is 11.4 Å². The number of thioether (sulfide) groups is 1. The van der Waals surface area contributed by atoms with Crippen LogP contribution in [0.3, 0.4) is 0 Å². The van der Waals surface area contributed by atoms with Crippen LogP contribution in [0.5, 0.6) is 0 Å². The molecule has 0 unspecified atom stereocenters. The van der Waals surface area contributed by atoms with Gasteiger partial charge in [0.25, 0.3) is 5.56 Å². The van der Waals surface area contributed by atoms with Crippen LogP contribution in [-0.2, 0) is 17.6 Å².